The lowest BCUT2D eigenvalue weighted by atomic mass is 10.4. The zero-order chi connectivity index (χ0) is 10.6. The van der Waals surface area contributed by atoms with E-state index in [0.717, 1.165) is 11.3 Å². The molecule has 2 aromatic rings. The zero-order valence-corrected chi connectivity index (χ0v) is 9.10. The van der Waals surface area contributed by atoms with E-state index in [1.165, 1.54) is 0 Å². The average Bonchev–Trinajstić information content (AvgIpc) is 2.67. The molecule has 76 valence electrons. The van der Waals surface area contributed by atoms with Crippen molar-refractivity contribution in [1.82, 2.24) is 14.6 Å². The molecule has 0 aromatic carbocycles. The molecule has 0 aliphatic carbocycles. The van der Waals surface area contributed by atoms with Crippen molar-refractivity contribution in [3.63, 3.8) is 0 Å². The highest BCUT2D eigenvalue weighted by Crippen LogP contribution is 2.11. The van der Waals surface area contributed by atoms with Crippen LogP contribution in [0.4, 0.5) is 5.69 Å². The topological polar surface area (TPSA) is 33.4 Å². The third-order valence-electron chi connectivity index (χ3n) is 1.80. The number of anilines is 1. The molecular formula is C10H16N4. The van der Waals surface area contributed by atoms with Gasteiger partial charge in [-0.05, 0) is 6.07 Å². The first-order valence-electron chi connectivity index (χ1n) is 4.74. The lowest BCUT2D eigenvalue weighted by molar-refractivity contribution is 1.10. The van der Waals surface area contributed by atoms with Crippen LogP contribution in [0.2, 0.25) is 0 Å². The van der Waals surface area contributed by atoms with Gasteiger partial charge in [0.2, 0.25) is 0 Å². The van der Waals surface area contributed by atoms with Crippen molar-refractivity contribution in [2.75, 3.05) is 19.0 Å². The lowest BCUT2D eigenvalue weighted by Crippen LogP contribution is -2.08. The third-order valence-corrected chi connectivity index (χ3v) is 1.80. The molecule has 0 unspecified atom stereocenters. The summed E-state index contributed by atoms with van der Waals surface area (Å²) >= 11 is 0. The van der Waals surface area contributed by atoms with Crippen molar-refractivity contribution in [1.29, 1.82) is 0 Å². The van der Waals surface area contributed by atoms with Crippen molar-refractivity contribution in [2.24, 2.45) is 0 Å². The van der Waals surface area contributed by atoms with Gasteiger partial charge in [-0.1, -0.05) is 13.8 Å². The maximum atomic E-state index is 3.95. The molecule has 0 aliphatic rings. The Labute approximate surface area is 84.2 Å². The Morgan fingerprint density at radius 3 is 2.64 bits per heavy atom. The summed E-state index contributed by atoms with van der Waals surface area (Å²) in [4.78, 5) is 2.04. The summed E-state index contributed by atoms with van der Waals surface area (Å²) in [5.74, 6) is 0. The highest BCUT2D eigenvalue weighted by molar-refractivity contribution is 5.54. The summed E-state index contributed by atoms with van der Waals surface area (Å²) in [5.41, 5.74) is 2.01. The van der Waals surface area contributed by atoms with E-state index in [9.17, 15) is 0 Å². The van der Waals surface area contributed by atoms with E-state index >= 15 is 0 Å². The predicted octanol–water partition coefficient (Wildman–Crippen LogP) is 1.82. The molecule has 4 heteroatoms. The SMILES string of the molecule is CC.CN(C)c1ccn2cnnc2c1. The predicted molar refractivity (Wildman–Crippen MR) is 58.7 cm³/mol. The summed E-state index contributed by atoms with van der Waals surface area (Å²) in [6.45, 7) is 4.00. The standard InChI is InChI=1S/C8H10N4.C2H6/c1-11(2)7-3-4-12-6-9-10-8(12)5-7;1-2/h3-6H,1-2H3;1-2H3. The quantitative estimate of drug-likeness (QED) is 0.691. The molecule has 2 heterocycles. The first-order valence-corrected chi connectivity index (χ1v) is 4.74. The fourth-order valence-electron chi connectivity index (χ4n) is 1.08. The number of nitrogens with zero attached hydrogens (tertiary/aromatic N) is 4. The Balaban J connectivity index is 0.000000461. The van der Waals surface area contributed by atoms with E-state index in [0.29, 0.717) is 0 Å². The molecule has 0 atom stereocenters. The molecule has 4 nitrogen and oxygen atoms in total. The van der Waals surface area contributed by atoms with Gasteiger partial charge < -0.3 is 4.90 Å². The normalized spacial score (nSPS) is 9.43. The van der Waals surface area contributed by atoms with Crippen molar-refractivity contribution in [3.05, 3.63) is 24.7 Å². The van der Waals surface area contributed by atoms with Crippen LogP contribution in [0.15, 0.2) is 24.7 Å². The van der Waals surface area contributed by atoms with Gasteiger partial charge in [0.25, 0.3) is 0 Å². The molecule has 0 saturated heterocycles. The Morgan fingerprint density at radius 2 is 2.00 bits per heavy atom. The van der Waals surface area contributed by atoms with Crippen LogP contribution >= 0.6 is 0 Å². The molecule has 0 spiro atoms. The highest BCUT2D eigenvalue weighted by Gasteiger charge is 1.97. The molecule has 0 amide bonds. The first-order chi connectivity index (χ1) is 6.77. The Kier molecular flexibility index (Phi) is 3.45. The number of hydrogen-bond donors (Lipinski definition) is 0. The number of rotatable bonds is 1. The van der Waals surface area contributed by atoms with E-state index in [2.05, 4.69) is 10.2 Å². The van der Waals surface area contributed by atoms with Crippen LogP contribution in [-0.2, 0) is 0 Å². The molecule has 0 radical (unpaired) electrons. The van der Waals surface area contributed by atoms with Crippen molar-refractivity contribution < 1.29 is 0 Å². The van der Waals surface area contributed by atoms with Crippen molar-refractivity contribution >= 4 is 11.3 Å². The summed E-state index contributed by atoms with van der Waals surface area (Å²) < 4.78 is 1.88. The van der Waals surface area contributed by atoms with E-state index in [1.807, 2.05) is 55.6 Å². The second-order valence-corrected chi connectivity index (χ2v) is 2.88. The van der Waals surface area contributed by atoms with E-state index in [-0.39, 0.29) is 0 Å². The largest absolute Gasteiger partial charge is 0.378 e. The maximum Gasteiger partial charge on any atom is 0.162 e. The molecule has 0 aliphatic heterocycles. The number of aromatic nitrogens is 3. The van der Waals surface area contributed by atoms with Gasteiger partial charge in [0.05, 0.1) is 0 Å². The van der Waals surface area contributed by atoms with Crippen LogP contribution in [0.25, 0.3) is 5.65 Å². The Hall–Kier alpha value is -1.58. The van der Waals surface area contributed by atoms with Gasteiger partial charge >= 0.3 is 0 Å². The summed E-state index contributed by atoms with van der Waals surface area (Å²) in [7, 11) is 4.00. The molecule has 0 bridgehead atoms. The van der Waals surface area contributed by atoms with Gasteiger partial charge in [-0.25, -0.2) is 0 Å². The van der Waals surface area contributed by atoms with Crippen LogP contribution < -0.4 is 4.90 Å². The Morgan fingerprint density at radius 1 is 1.29 bits per heavy atom. The minimum atomic E-state index is 0.876. The van der Waals surface area contributed by atoms with Gasteiger partial charge in [-0.3, -0.25) is 4.40 Å². The van der Waals surface area contributed by atoms with Gasteiger partial charge in [0.1, 0.15) is 6.33 Å². The monoisotopic (exact) mass is 192 g/mol. The molecule has 0 fully saturated rings. The van der Waals surface area contributed by atoms with Gasteiger partial charge in [-0.15, -0.1) is 10.2 Å². The summed E-state index contributed by atoms with van der Waals surface area (Å²) in [6.07, 6.45) is 3.64. The summed E-state index contributed by atoms with van der Waals surface area (Å²) in [6, 6.07) is 4.02. The number of hydrogen-bond acceptors (Lipinski definition) is 3. The smallest absolute Gasteiger partial charge is 0.162 e. The van der Waals surface area contributed by atoms with Gasteiger partial charge in [0, 0.05) is 32.0 Å². The minimum absolute atomic E-state index is 0.876. The molecule has 0 saturated carbocycles. The van der Waals surface area contributed by atoms with Crippen LogP contribution in [0.5, 0.6) is 0 Å². The maximum absolute atomic E-state index is 3.95. The van der Waals surface area contributed by atoms with Gasteiger partial charge in [0.15, 0.2) is 5.65 Å². The Bertz CT molecular complexity index is 392. The fourth-order valence-corrected chi connectivity index (χ4v) is 1.08. The molecule has 14 heavy (non-hydrogen) atoms. The fraction of sp³-hybridized carbons (Fsp3) is 0.400. The van der Waals surface area contributed by atoms with E-state index in [1.54, 1.807) is 6.33 Å². The second kappa shape index (κ2) is 4.60. The van der Waals surface area contributed by atoms with Crippen LogP contribution in [-0.4, -0.2) is 28.7 Å². The van der Waals surface area contributed by atoms with Crippen LogP contribution in [0.1, 0.15) is 13.8 Å². The van der Waals surface area contributed by atoms with Crippen LogP contribution in [0.3, 0.4) is 0 Å². The van der Waals surface area contributed by atoms with Crippen LogP contribution in [0, 0.1) is 0 Å². The van der Waals surface area contributed by atoms with E-state index in [4.69, 9.17) is 0 Å². The third kappa shape index (κ3) is 2.02. The van der Waals surface area contributed by atoms with Crippen molar-refractivity contribution in [2.45, 2.75) is 13.8 Å². The lowest BCUT2D eigenvalue weighted by Gasteiger charge is -2.11. The van der Waals surface area contributed by atoms with E-state index < -0.39 is 0 Å². The molecule has 2 rings (SSSR count). The number of fused-ring (bicyclic) bond motifs is 1. The van der Waals surface area contributed by atoms with Crippen molar-refractivity contribution in [3.8, 4) is 0 Å². The molecule has 2 aromatic heterocycles. The molecular weight excluding hydrogens is 176 g/mol. The second-order valence-electron chi connectivity index (χ2n) is 2.88. The zero-order valence-electron chi connectivity index (χ0n) is 9.10. The first kappa shape index (κ1) is 10.5. The van der Waals surface area contributed by atoms with Gasteiger partial charge in [-0.2, -0.15) is 0 Å². The summed E-state index contributed by atoms with van der Waals surface area (Å²) in [5, 5.41) is 7.74. The number of pyridine rings is 1. The highest BCUT2D eigenvalue weighted by atomic mass is 15.2. The molecule has 0 N–H and O–H groups in total. The minimum Gasteiger partial charge on any atom is -0.378 e. The average molecular weight is 192 g/mol.